The van der Waals surface area contributed by atoms with Crippen LogP contribution < -0.4 is 16.0 Å². The molecule has 0 radical (unpaired) electrons. The van der Waals surface area contributed by atoms with Crippen LogP contribution in [-0.4, -0.2) is 48.2 Å². The molecule has 0 aliphatic rings. The van der Waals surface area contributed by atoms with Crippen LogP contribution in [0.3, 0.4) is 0 Å². The van der Waals surface area contributed by atoms with Crippen LogP contribution in [0.15, 0.2) is 23.2 Å². The first kappa shape index (κ1) is 26.6. The van der Waals surface area contributed by atoms with Crippen LogP contribution >= 0.6 is 24.0 Å². The van der Waals surface area contributed by atoms with Gasteiger partial charge in [0.15, 0.2) is 5.96 Å². The summed E-state index contributed by atoms with van der Waals surface area (Å²) in [5.41, 5.74) is 0.867. The number of aliphatic hydroxyl groups excluding tert-OH is 1. The molecule has 0 aromatic carbocycles. The molecule has 1 aromatic rings. The monoisotopic (exact) mass is 505 g/mol. The molecule has 0 aliphatic carbocycles. The number of halogens is 1. The van der Waals surface area contributed by atoms with Gasteiger partial charge in [-0.15, -0.1) is 24.0 Å². The van der Waals surface area contributed by atoms with Crippen molar-refractivity contribution in [3.63, 3.8) is 0 Å². The number of aliphatic hydroxyl groups is 1. The largest absolute Gasteiger partial charge is 0.396 e. The normalized spacial score (nSPS) is 12.3. The number of anilines is 1. The number of nitrogens with zero attached hydrogens (tertiary/aromatic N) is 2. The van der Waals surface area contributed by atoms with Crippen molar-refractivity contribution in [1.29, 1.82) is 0 Å². The number of aryl methyl sites for hydroxylation is 1. The van der Waals surface area contributed by atoms with Gasteiger partial charge in [-0.05, 0) is 50.7 Å². The van der Waals surface area contributed by atoms with Crippen LogP contribution in [0.5, 0.6) is 0 Å². The summed E-state index contributed by atoms with van der Waals surface area (Å²) in [6, 6.07) is 5.53. The molecule has 160 valence electrons. The van der Waals surface area contributed by atoms with Gasteiger partial charge in [0, 0.05) is 38.4 Å². The summed E-state index contributed by atoms with van der Waals surface area (Å²) in [7, 11) is 0. The first-order valence-electron chi connectivity index (χ1n) is 9.81. The second-order valence-corrected chi connectivity index (χ2v) is 7.12. The number of carbonyl (C=O) groups excluding carboxylic acids is 1. The first-order valence-corrected chi connectivity index (χ1v) is 9.81. The van der Waals surface area contributed by atoms with Gasteiger partial charge in [-0.2, -0.15) is 0 Å². The van der Waals surface area contributed by atoms with Crippen molar-refractivity contribution in [3.05, 3.63) is 23.9 Å². The minimum atomic E-state index is -0.0885. The summed E-state index contributed by atoms with van der Waals surface area (Å²) in [6.07, 6.45) is 2.12. The van der Waals surface area contributed by atoms with Gasteiger partial charge in [-0.3, -0.25) is 9.79 Å². The van der Waals surface area contributed by atoms with Crippen molar-refractivity contribution in [2.24, 2.45) is 16.8 Å². The third-order valence-electron chi connectivity index (χ3n) is 3.99. The van der Waals surface area contributed by atoms with E-state index in [-0.39, 0.29) is 36.5 Å². The van der Waals surface area contributed by atoms with Gasteiger partial charge in [0.1, 0.15) is 5.82 Å². The molecule has 0 spiro atoms. The number of hydrogen-bond acceptors (Lipinski definition) is 4. The molecule has 28 heavy (non-hydrogen) atoms. The van der Waals surface area contributed by atoms with E-state index in [9.17, 15) is 9.90 Å². The van der Waals surface area contributed by atoms with Crippen molar-refractivity contribution in [2.45, 2.75) is 47.0 Å². The Balaban J connectivity index is 0.00000729. The summed E-state index contributed by atoms with van der Waals surface area (Å²) in [5, 5.41) is 18.4. The van der Waals surface area contributed by atoms with Crippen molar-refractivity contribution in [1.82, 2.24) is 15.6 Å². The Labute approximate surface area is 186 Å². The molecule has 1 unspecified atom stereocenters. The maximum atomic E-state index is 12.1. The zero-order valence-corrected chi connectivity index (χ0v) is 19.8. The molecular formula is C20H36IN5O2. The highest BCUT2D eigenvalue weighted by Gasteiger charge is 2.11. The van der Waals surface area contributed by atoms with Crippen molar-refractivity contribution < 1.29 is 9.90 Å². The van der Waals surface area contributed by atoms with Gasteiger partial charge in [0.25, 0.3) is 0 Å². The van der Waals surface area contributed by atoms with E-state index in [0.29, 0.717) is 43.1 Å². The van der Waals surface area contributed by atoms with Gasteiger partial charge in [-0.1, -0.05) is 19.9 Å². The van der Waals surface area contributed by atoms with Crippen molar-refractivity contribution in [2.75, 3.05) is 31.6 Å². The maximum Gasteiger partial charge on any atom is 0.227 e. The molecule has 1 heterocycles. The standard InChI is InChI=1S/C20H35N5O2.HI/c1-5-21-20(23-14-17(10-12-26)13-15(2)3)22-11-9-19(27)25-18-8-6-7-16(4)24-18;/h6-8,15,17,26H,5,9-14H2,1-4H3,(H2,21,22,23)(H,24,25,27);1H. The number of carbonyl (C=O) groups is 1. The summed E-state index contributed by atoms with van der Waals surface area (Å²) >= 11 is 0. The molecule has 7 nitrogen and oxygen atoms in total. The second kappa shape index (κ2) is 15.5. The van der Waals surface area contributed by atoms with Crippen LogP contribution in [-0.2, 0) is 4.79 Å². The minimum absolute atomic E-state index is 0. The van der Waals surface area contributed by atoms with E-state index >= 15 is 0 Å². The SMILES string of the molecule is CCNC(=NCC(CCO)CC(C)C)NCCC(=O)Nc1cccc(C)n1.I. The fourth-order valence-electron chi connectivity index (χ4n) is 2.81. The number of pyridine rings is 1. The highest BCUT2D eigenvalue weighted by molar-refractivity contribution is 14.0. The molecular weight excluding hydrogens is 469 g/mol. The van der Waals surface area contributed by atoms with E-state index in [4.69, 9.17) is 0 Å². The molecule has 8 heteroatoms. The summed E-state index contributed by atoms with van der Waals surface area (Å²) in [4.78, 5) is 20.9. The summed E-state index contributed by atoms with van der Waals surface area (Å²) in [5.74, 6) is 2.12. The molecule has 4 N–H and O–H groups in total. The number of aromatic nitrogens is 1. The Morgan fingerprint density at radius 2 is 2.04 bits per heavy atom. The van der Waals surface area contributed by atoms with Crippen LogP contribution in [0.4, 0.5) is 5.82 Å². The van der Waals surface area contributed by atoms with E-state index in [1.165, 1.54) is 0 Å². The number of rotatable bonds is 11. The van der Waals surface area contributed by atoms with Crippen LogP contribution in [0.25, 0.3) is 0 Å². The molecule has 1 rings (SSSR count). The smallest absolute Gasteiger partial charge is 0.227 e. The summed E-state index contributed by atoms with van der Waals surface area (Å²) in [6.45, 7) is 10.3. The van der Waals surface area contributed by atoms with Gasteiger partial charge in [0.05, 0.1) is 0 Å². The number of hydrogen-bond donors (Lipinski definition) is 4. The highest BCUT2D eigenvalue weighted by atomic mass is 127. The van der Waals surface area contributed by atoms with Gasteiger partial charge in [-0.25, -0.2) is 4.98 Å². The molecule has 0 fully saturated rings. The molecule has 0 aliphatic heterocycles. The second-order valence-electron chi connectivity index (χ2n) is 7.12. The van der Waals surface area contributed by atoms with Crippen LogP contribution in [0.1, 0.15) is 45.7 Å². The zero-order chi connectivity index (χ0) is 20.1. The molecule has 0 bridgehead atoms. The molecule has 1 atom stereocenters. The van der Waals surface area contributed by atoms with Gasteiger partial charge >= 0.3 is 0 Å². The maximum absolute atomic E-state index is 12.1. The Bertz CT molecular complexity index is 596. The fourth-order valence-corrected chi connectivity index (χ4v) is 2.81. The predicted molar refractivity (Wildman–Crippen MR) is 126 cm³/mol. The summed E-state index contributed by atoms with van der Waals surface area (Å²) < 4.78 is 0. The Morgan fingerprint density at radius 3 is 2.64 bits per heavy atom. The molecule has 1 amide bonds. The highest BCUT2D eigenvalue weighted by Crippen LogP contribution is 2.15. The molecule has 0 saturated carbocycles. The lowest BCUT2D eigenvalue weighted by Crippen LogP contribution is -2.39. The fraction of sp³-hybridized carbons (Fsp3) is 0.650. The third-order valence-corrected chi connectivity index (χ3v) is 3.99. The first-order chi connectivity index (χ1) is 12.9. The van der Waals surface area contributed by atoms with E-state index in [2.05, 4.69) is 39.8 Å². The number of aliphatic imine (C=N–C) groups is 1. The van der Waals surface area contributed by atoms with Crippen molar-refractivity contribution >= 4 is 41.7 Å². The predicted octanol–water partition coefficient (Wildman–Crippen LogP) is 2.94. The molecule has 0 saturated heterocycles. The zero-order valence-electron chi connectivity index (χ0n) is 17.5. The average Bonchev–Trinajstić information content (AvgIpc) is 2.59. The van der Waals surface area contributed by atoms with E-state index in [0.717, 1.165) is 25.1 Å². The Hall–Kier alpha value is -1.42. The number of guanidine groups is 1. The quantitative estimate of drug-likeness (QED) is 0.211. The minimum Gasteiger partial charge on any atom is -0.396 e. The van der Waals surface area contributed by atoms with E-state index in [1.54, 1.807) is 6.07 Å². The number of nitrogens with one attached hydrogen (secondary N) is 3. The van der Waals surface area contributed by atoms with Crippen LogP contribution in [0, 0.1) is 18.8 Å². The lowest BCUT2D eigenvalue weighted by Gasteiger charge is -2.17. The van der Waals surface area contributed by atoms with Crippen LogP contribution in [0.2, 0.25) is 0 Å². The lowest BCUT2D eigenvalue weighted by atomic mass is 9.94. The molecule has 1 aromatic heterocycles. The van der Waals surface area contributed by atoms with Crippen molar-refractivity contribution in [3.8, 4) is 0 Å². The number of amides is 1. The lowest BCUT2D eigenvalue weighted by molar-refractivity contribution is -0.116. The third kappa shape index (κ3) is 12.1. The van der Waals surface area contributed by atoms with E-state index in [1.807, 2.05) is 26.0 Å². The van der Waals surface area contributed by atoms with Gasteiger partial charge < -0.3 is 21.1 Å². The average molecular weight is 505 g/mol. The topological polar surface area (TPSA) is 98.6 Å². The van der Waals surface area contributed by atoms with Gasteiger partial charge in [0.2, 0.25) is 5.91 Å². The van der Waals surface area contributed by atoms with E-state index < -0.39 is 0 Å². The Kier molecular flexibility index (Phi) is 14.7. The Morgan fingerprint density at radius 1 is 1.29 bits per heavy atom.